The van der Waals surface area contributed by atoms with Crippen molar-refractivity contribution in [2.24, 2.45) is 5.73 Å². The van der Waals surface area contributed by atoms with Crippen LogP contribution in [-0.2, 0) is 15.3 Å². The molecule has 1 heterocycles. The molecule has 2 aromatic rings. The maximum atomic E-state index is 12.0. The van der Waals surface area contributed by atoms with Crippen LogP contribution in [-0.4, -0.2) is 19.0 Å². The van der Waals surface area contributed by atoms with Crippen LogP contribution in [0.2, 0.25) is 0 Å². The van der Waals surface area contributed by atoms with Gasteiger partial charge in [-0.3, -0.25) is 4.79 Å². The number of carbonyl (C=O) groups excluding carboxylic acids is 2. The van der Waals surface area contributed by atoms with Crippen LogP contribution < -0.4 is 15.8 Å². The molecule has 0 saturated heterocycles. The molecular weight excluding hydrogens is 284 g/mol. The fraction of sp³-hybridized carbons (Fsp3) is 0.125. The van der Waals surface area contributed by atoms with E-state index in [9.17, 15) is 9.59 Å². The fourth-order valence-electron chi connectivity index (χ4n) is 2.46. The number of benzene rings is 2. The van der Waals surface area contributed by atoms with E-state index in [0.717, 1.165) is 0 Å². The minimum Gasteiger partial charge on any atom is -0.497 e. The van der Waals surface area contributed by atoms with Crippen molar-refractivity contribution in [3.8, 4) is 5.75 Å². The number of carbonyl (C=O) groups is 2. The van der Waals surface area contributed by atoms with Crippen molar-refractivity contribution in [2.45, 2.75) is 5.72 Å². The lowest BCUT2D eigenvalue weighted by atomic mass is 9.99. The van der Waals surface area contributed by atoms with Gasteiger partial charge in [0, 0.05) is 17.3 Å². The molecule has 112 valence electrons. The maximum Gasteiger partial charge on any atom is 0.341 e. The molecule has 1 atom stereocenters. The standard InChI is InChI=1S/C16H14N2O4/c1-21-11-6-4-5-10(9-11)18-16(15(17)20)13-8-3-2-7-12(13)14(19)22-16/h2-9,18H,1H3,(H2,17,20). The topological polar surface area (TPSA) is 90.7 Å². The molecule has 0 aromatic heterocycles. The zero-order valence-electron chi connectivity index (χ0n) is 11.8. The number of ether oxygens (including phenoxy) is 2. The van der Waals surface area contributed by atoms with Gasteiger partial charge in [0.1, 0.15) is 5.75 Å². The highest BCUT2D eigenvalue weighted by atomic mass is 16.6. The zero-order valence-corrected chi connectivity index (χ0v) is 11.8. The van der Waals surface area contributed by atoms with Gasteiger partial charge in [-0.1, -0.05) is 24.3 Å². The number of cyclic esters (lactones) is 1. The number of hydrogen-bond donors (Lipinski definition) is 2. The Bertz CT molecular complexity index is 759. The van der Waals surface area contributed by atoms with Gasteiger partial charge >= 0.3 is 5.97 Å². The Morgan fingerprint density at radius 2 is 2.00 bits per heavy atom. The van der Waals surface area contributed by atoms with Gasteiger partial charge in [-0.05, 0) is 18.2 Å². The fourth-order valence-corrected chi connectivity index (χ4v) is 2.46. The van der Waals surface area contributed by atoms with Gasteiger partial charge in [0.15, 0.2) is 0 Å². The van der Waals surface area contributed by atoms with Crippen LogP contribution in [0.1, 0.15) is 15.9 Å². The molecule has 22 heavy (non-hydrogen) atoms. The summed E-state index contributed by atoms with van der Waals surface area (Å²) >= 11 is 0. The molecule has 0 aliphatic carbocycles. The quantitative estimate of drug-likeness (QED) is 0.837. The molecule has 0 bridgehead atoms. The summed E-state index contributed by atoms with van der Waals surface area (Å²) < 4.78 is 10.4. The van der Waals surface area contributed by atoms with Gasteiger partial charge < -0.3 is 20.5 Å². The van der Waals surface area contributed by atoms with E-state index in [1.54, 1.807) is 48.5 Å². The molecular formula is C16H14N2O4. The number of primary amides is 1. The first kappa shape index (κ1) is 13.9. The van der Waals surface area contributed by atoms with E-state index in [1.807, 2.05) is 0 Å². The van der Waals surface area contributed by atoms with Crippen molar-refractivity contribution in [3.05, 3.63) is 59.7 Å². The van der Waals surface area contributed by atoms with Crippen molar-refractivity contribution in [3.63, 3.8) is 0 Å². The SMILES string of the molecule is COc1cccc(NC2(C(N)=O)OC(=O)c3ccccc32)c1. The average Bonchev–Trinajstić information content (AvgIpc) is 2.82. The summed E-state index contributed by atoms with van der Waals surface area (Å²) in [5, 5.41) is 2.92. The summed E-state index contributed by atoms with van der Waals surface area (Å²) in [6, 6.07) is 13.6. The van der Waals surface area contributed by atoms with Gasteiger partial charge in [-0.2, -0.15) is 0 Å². The van der Waals surface area contributed by atoms with E-state index < -0.39 is 17.6 Å². The predicted octanol–water partition coefficient (Wildman–Crippen LogP) is 1.62. The third-order valence-electron chi connectivity index (χ3n) is 3.51. The average molecular weight is 298 g/mol. The minimum atomic E-state index is -1.72. The molecule has 3 rings (SSSR count). The molecule has 1 aliphatic rings. The van der Waals surface area contributed by atoms with Crippen LogP contribution in [0, 0.1) is 0 Å². The zero-order chi connectivity index (χ0) is 15.7. The Labute approximate surface area is 126 Å². The van der Waals surface area contributed by atoms with Gasteiger partial charge in [0.25, 0.3) is 11.6 Å². The highest BCUT2D eigenvalue weighted by Crippen LogP contribution is 2.37. The second-order valence-corrected chi connectivity index (χ2v) is 4.84. The second-order valence-electron chi connectivity index (χ2n) is 4.84. The summed E-state index contributed by atoms with van der Waals surface area (Å²) in [4.78, 5) is 24.0. The second kappa shape index (κ2) is 5.07. The summed E-state index contributed by atoms with van der Waals surface area (Å²) in [5.74, 6) is -0.791. The smallest absolute Gasteiger partial charge is 0.341 e. The Kier molecular flexibility index (Phi) is 3.21. The van der Waals surface area contributed by atoms with Crippen LogP contribution in [0.4, 0.5) is 5.69 Å². The summed E-state index contributed by atoms with van der Waals surface area (Å²) in [6.07, 6.45) is 0. The van der Waals surface area contributed by atoms with Crippen LogP contribution in [0.3, 0.4) is 0 Å². The van der Waals surface area contributed by atoms with Gasteiger partial charge in [-0.15, -0.1) is 0 Å². The Morgan fingerprint density at radius 3 is 2.73 bits per heavy atom. The molecule has 2 aromatic carbocycles. The van der Waals surface area contributed by atoms with Gasteiger partial charge in [0.05, 0.1) is 12.7 Å². The molecule has 1 unspecified atom stereocenters. The minimum absolute atomic E-state index is 0.316. The largest absolute Gasteiger partial charge is 0.497 e. The number of methoxy groups -OCH3 is 1. The first-order valence-corrected chi connectivity index (χ1v) is 6.62. The van der Waals surface area contributed by atoms with E-state index in [0.29, 0.717) is 22.6 Å². The van der Waals surface area contributed by atoms with Crippen LogP contribution >= 0.6 is 0 Å². The Morgan fingerprint density at radius 1 is 1.23 bits per heavy atom. The monoisotopic (exact) mass is 298 g/mol. The van der Waals surface area contributed by atoms with E-state index in [-0.39, 0.29) is 0 Å². The molecule has 0 fully saturated rings. The molecule has 6 nitrogen and oxygen atoms in total. The first-order valence-electron chi connectivity index (χ1n) is 6.62. The van der Waals surface area contributed by atoms with E-state index >= 15 is 0 Å². The van der Waals surface area contributed by atoms with Gasteiger partial charge in [0.2, 0.25) is 0 Å². The number of fused-ring (bicyclic) bond motifs is 1. The van der Waals surface area contributed by atoms with Crippen LogP contribution in [0.15, 0.2) is 48.5 Å². The number of nitrogens with two attached hydrogens (primary N) is 1. The van der Waals surface area contributed by atoms with Crippen molar-refractivity contribution < 1.29 is 19.1 Å². The van der Waals surface area contributed by atoms with Crippen LogP contribution in [0.25, 0.3) is 0 Å². The molecule has 1 amide bonds. The van der Waals surface area contributed by atoms with Gasteiger partial charge in [-0.25, -0.2) is 4.79 Å². The lowest BCUT2D eigenvalue weighted by Crippen LogP contribution is -2.48. The summed E-state index contributed by atoms with van der Waals surface area (Å²) in [7, 11) is 1.54. The number of esters is 1. The predicted molar refractivity (Wildman–Crippen MR) is 79.3 cm³/mol. The number of hydrogen-bond acceptors (Lipinski definition) is 5. The molecule has 6 heteroatoms. The summed E-state index contributed by atoms with van der Waals surface area (Å²) in [5.41, 5.74) is 5.06. The number of anilines is 1. The summed E-state index contributed by atoms with van der Waals surface area (Å²) in [6.45, 7) is 0. The van der Waals surface area contributed by atoms with Crippen molar-refractivity contribution in [1.29, 1.82) is 0 Å². The Balaban J connectivity index is 2.08. The Hall–Kier alpha value is -3.02. The highest BCUT2D eigenvalue weighted by Gasteiger charge is 2.50. The van der Waals surface area contributed by atoms with Crippen LogP contribution in [0.5, 0.6) is 5.75 Å². The van der Waals surface area contributed by atoms with E-state index in [2.05, 4.69) is 5.32 Å². The first-order chi connectivity index (χ1) is 10.6. The molecule has 0 radical (unpaired) electrons. The van der Waals surface area contributed by atoms with E-state index in [4.69, 9.17) is 15.2 Å². The third-order valence-corrected chi connectivity index (χ3v) is 3.51. The molecule has 1 aliphatic heterocycles. The highest BCUT2D eigenvalue weighted by molar-refractivity contribution is 6.03. The molecule has 0 spiro atoms. The number of rotatable bonds is 4. The van der Waals surface area contributed by atoms with Crippen molar-refractivity contribution >= 4 is 17.6 Å². The lowest BCUT2D eigenvalue weighted by Gasteiger charge is -2.27. The maximum absolute atomic E-state index is 12.0. The number of amides is 1. The van der Waals surface area contributed by atoms with Crippen molar-refractivity contribution in [2.75, 3.05) is 12.4 Å². The lowest BCUT2D eigenvalue weighted by molar-refractivity contribution is -0.134. The van der Waals surface area contributed by atoms with E-state index in [1.165, 1.54) is 7.11 Å². The third kappa shape index (κ3) is 2.05. The molecule has 0 saturated carbocycles. The van der Waals surface area contributed by atoms with Crippen molar-refractivity contribution in [1.82, 2.24) is 0 Å². The normalized spacial score (nSPS) is 19.2. The number of nitrogens with one attached hydrogen (secondary N) is 1. The molecule has 3 N–H and O–H groups in total.